The number of aliphatic imine (C=N–C) groups is 1. The molecule has 0 saturated heterocycles. The maximum atomic E-state index is 5.39. The average molecular weight is 177 g/mol. The first kappa shape index (κ1) is 8.04. The first-order chi connectivity index (χ1) is 6.25. The molecule has 0 spiro atoms. The van der Waals surface area contributed by atoms with E-state index in [-0.39, 0.29) is 12.1 Å². The van der Waals surface area contributed by atoms with Crippen LogP contribution in [0.1, 0.15) is 17.3 Å². The molecular weight excluding hydrogens is 166 g/mol. The van der Waals surface area contributed by atoms with Crippen molar-refractivity contribution >= 4 is 6.02 Å². The molecule has 2 heterocycles. The lowest BCUT2D eigenvalue weighted by molar-refractivity contribution is 0.313. The highest BCUT2D eigenvalue weighted by atomic mass is 16.5. The SMILES string of the molecule is Cc1ccc(C2COC(N)=N2)nc1. The van der Waals surface area contributed by atoms with Crippen molar-refractivity contribution in [2.45, 2.75) is 13.0 Å². The topological polar surface area (TPSA) is 60.5 Å². The third-order valence-electron chi connectivity index (χ3n) is 1.95. The van der Waals surface area contributed by atoms with E-state index in [4.69, 9.17) is 10.5 Å². The van der Waals surface area contributed by atoms with Gasteiger partial charge in [0.15, 0.2) is 0 Å². The molecule has 0 radical (unpaired) electrons. The molecular formula is C9H11N3O. The Morgan fingerprint density at radius 1 is 1.54 bits per heavy atom. The molecule has 2 N–H and O–H groups in total. The van der Waals surface area contributed by atoms with Crippen molar-refractivity contribution in [3.63, 3.8) is 0 Å². The lowest BCUT2D eigenvalue weighted by atomic mass is 10.2. The van der Waals surface area contributed by atoms with Crippen LogP contribution in [-0.4, -0.2) is 17.6 Å². The summed E-state index contributed by atoms with van der Waals surface area (Å²) in [6.45, 7) is 2.50. The minimum atomic E-state index is -0.0272. The molecule has 0 aromatic carbocycles. The smallest absolute Gasteiger partial charge is 0.282 e. The largest absolute Gasteiger partial charge is 0.463 e. The zero-order valence-corrected chi connectivity index (χ0v) is 7.40. The maximum Gasteiger partial charge on any atom is 0.282 e. The number of nitrogens with zero attached hydrogens (tertiary/aromatic N) is 2. The molecule has 0 bridgehead atoms. The Labute approximate surface area is 76.5 Å². The number of nitrogens with two attached hydrogens (primary N) is 1. The van der Waals surface area contributed by atoms with Gasteiger partial charge in [0.2, 0.25) is 0 Å². The standard InChI is InChI=1S/C9H11N3O/c1-6-2-3-7(11-4-6)8-5-13-9(10)12-8/h2-4,8H,5H2,1H3,(H2,10,12). The van der Waals surface area contributed by atoms with Gasteiger partial charge in [-0.3, -0.25) is 4.98 Å². The van der Waals surface area contributed by atoms with Crippen LogP contribution in [0.15, 0.2) is 23.3 Å². The highest BCUT2D eigenvalue weighted by Crippen LogP contribution is 2.19. The lowest BCUT2D eigenvalue weighted by Gasteiger charge is -2.03. The second kappa shape index (κ2) is 3.05. The number of ether oxygens (including phenoxy) is 1. The van der Waals surface area contributed by atoms with Gasteiger partial charge in [0.25, 0.3) is 6.02 Å². The molecule has 2 rings (SSSR count). The number of aryl methyl sites for hydroxylation is 1. The van der Waals surface area contributed by atoms with Crippen LogP contribution < -0.4 is 5.73 Å². The van der Waals surface area contributed by atoms with Gasteiger partial charge < -0.3 is 10.5 Å². The van der Waals surface area contributed by atoms with Crippen molar-refractivity contribution < 1.29 is 4.74 Å². The monoisotopic (exact) mass is 177 g/mol. The van der Waals surface area contributed by atoms with Crippen LogP contribution in [0.5, 0.6) is 0 Å². The van der Waals surface area contributed by atoms with E-state index in [1.807, 2.05) is 25.3 Å². The summed E-state index contributed by atoms with van der Waals surface area (Å²) < 4.78 is 5.04. The molecule has 4 heteroatoms. The summed E-state index contributed by atoms with van der Waals surface area (Å²) in [7, 11) is 0. The number of rotatable bonds is 1. The molecule has 1 atom stereocenters. The Bertz CT molecular complexity index is 331. The fourth-order valence-electron chi connectivity index (χ4n) is 1.22. The van der Waals surface area contributed by atoms with Crippen molar-refractivity contribution in [3.05, 3.63) is 29.6 Å². The number of aromatic nitrogens is 1. The molecule has 4 nitrogen and oxygen atoms in total. The number of hydrogen-bond acceptors (Lipinski definition) is 4. The highest BCUT2D eigenvalue weighted by molar-refractivity contribution is 5.73. The molecule has 0 saturated carbocycles. The Morgan fingerprint density at radius 3 is 2.92 bits per heavy atom. The molecule has 1 aliphatic rings. The van der Waals surface area contributed by atoms with Gasteiger partial charge >= 0.3 is 0 Å². The van der Waals surface area contributed by atoms with Crippen LogP contribution in [-0.2, 0) is 4.74 Å². The van der Waals surface area contributed by atoms with Gasteiger partial charge in [0, 0.05) is 6.20 Å². The Balaban J connectivity index is 2.22. The van der Waals surface area contributed by atoms with E-state index < -0.39 is 0 Å². The van der Waals surface area contributed by atoms with Crippen molar-refractivity contribution in [1.29, 1.82) is 0 Å². The number of pyridine rings is 1. The summed E-state index contributed by atoms with van der Waals surface area (Å²) in [6.07, 6.45) is 1.82. The van der Waals surface area contributed by atoms with Crippen LogP contribution in [0.2, 0.25) is 0 Å². The van der Waals surface area contributed by atoms with Gasteiger partial charge in [-0.05, 0) is 18.6 Å². The van der Waals surface area contributed by atoms with E-state index >= 15 is 0 Å². The van der Waals surface area contributed by atoms with E-state index in [2.05, 4.69) is 9.98 Å². The van der Waals surface area contributed by atoms with Crippen LogP contribution in [0.25, 0.3) is 0 Å². The summed E-state index contributed by atoms with van der Waals surface area (Å²) in [5.41, 5.74) is 7.44. The highest BCUT2D eigenvalue weighted by Gasteiger charge is 2.19. The van der Waals surface area contributed by atoms with Crippen molar-refractivity contribution in [1.82, 2.24) is 4.98 Å². The summed E-state index contributed by atoms with van der Waals surface area (Å²) in [6, 6.07) is 4.19. The van der Waals surface area contributed by atoms with Gasteiger partial charge in [0.1, 0.15) is 12.6 Å². The average Bonchev–Trinajstić information content (AvgIpc) is 2.53. The lowest BCUT2D eigenvalue weighted by Crippen LogP contribution is -2.10. The third-order valence-corrected chi connectivity index (χ3v) is 1.95. The van der Waals surface area contributed by atoms with Gasteiger partial charge in [-0.15, -0.1) is 0 Å². The van der Waals surface area contributed by atoms with Gasteiger partial charge in [-0.1, -0.05) is 6.07 Å². The van der Waals surface area contributed by atoms with E-state index in [1.165, 1.54) is 0 Å². The summed E-state index contributed by atoms with van der Waals surface area (Å²) in [5, 5.41) is 0. The van der Waals surface area contributed by atoms with Crippen molar-refractivity contribution in [3.8, 4) is 0 Å². The van der Waals surface area contributed by atoms with Gasteiger partial charge in [-0.25, -0.2) is 4.99 Å². The molecule has 0 aliphatic carbocycles. The minimum Gasteiger partial charge on any atom is -0.463 e. The fourth-order valence-corrected chi connectivity index (χ4v) is 1.22. The first-order valence-corrected chi connectivity index (χ1v) is 4.14. The molecule has 1 aliphatic heterocycles. The maximum absolute atomic E-state index is 5.39. The Kier molecular flexibility index (Phi) is 1.88. The molecule has 0 fully saturated rings. The molecule has 13 heavy (non-hydrogen) atoms. The molecule has 0 amide bonds. The Morgan fingerprint density at radius 2 is 2.38 bits per heavy atom. The van der Waals surface area contributed by atoms with E-state index in [9.17, 15) is 0 Å². The van der Waals surface area contributed by atoms with E-state index in [0.29, 0.717) is 6.61 Å². The fraction of sp³-hybridized carbons (Fsp3) is 0.333. The predicted molar refractivity (Wildman–Crippen MR) is 49.3 cm³/mol. The number of hydrogen-bond donors (Lipinski definition) is 1. The third kappa shape index (κ3) is 1.61. The number of amidine groups is 1. The summed E-state index contributed by atoms with van der Waals surface area (Å²) in [4.78, 5) is 8.35. The van der Waals surface area contributed by atoms with Gasteiger partial charge in [-0.2, -0.15) is 0 Å². The quantitative estimate of drug-likeness (QED) is 0.689. The zero-order chi connectivity index (χ0) is 9.26. The summed E-state index contributed by atoms with van der Waals surface area (Å²) in [5.74, 6) is 0. The molecule has 1 unspecified atom stereocenters. The zero-order valence-electron chi connectivity index (χ0n) is 7.40. The second-order valence-corrected chi connectivity index (χ2v) is 3.05. The van der Waals surface area contributed by atoms with Crippen molar-refractivity contribution in [2.24, 2.45) is 10.7 Å². The van der Waals surface area contributed by atoms with E-state index in [0.717, 1.165) is 11.3 Å². The minimum absolute atomic E-state index is 0.0272. The normalized spacial score (nSPS) is 21.0. The van der Waals surface area contributed by atoms with Crippen LogP contribution >= 0.6 is 0 Å². The Hall–Kier alpha value is -1.58. The summed E-state index contributed by atoms with van der Waals surface area (Å²) >= 11 is 0. The van der Waals surface area contributed by atoms with Crippen LogP contribution in [0.3, 0.4) is 0 Å². The predicted octanol–water partition coefficient (Wildman–Crippen LogP) is 0.776. The van der Waals surface area contributed by atoms with Gasteiger partial charge in [0.05, 0.1) is 5.69 Å². The van der Waals surface area contributed by atoms with Crippen LogP contribution in [0, 0.1) is 6.92 Å². The van der Waals surface area contributed by atoms with Crippen molar-refractivity contribution in [2.75, 3.05) is 6.61 Å². The van der Waals surface area contributed by atoms with Crippen LogP contribution in [0.4, 0.5) is 0 Å². The second-order valence-electron chi connectivity index (χ2n) is 3.05. The first-order valence-electron chi connectivity index (χ1n) is 4.14. The molecule has 1 aromatic rings. The molecule has 1 aromatic heterocycles. The molecule has 68 valence electrons. The van der Waals surface area contributed by atoms with E-state index in [1.54, 1.807) is 0 Å².